The molecule has 2 unspecified atom stereocenters. The summed E-state index contributed by atoms with van der Waals surface area (Å²) in [7, 11) is 1.22. The Hall–Kier alpha value is -2.15. The molecule has 1 fully saturated rings. The number of carboxylic acid groups (broad SMARTS) is 2. The number of aliphatic hydroxyl groups is 1. The van der Waals surface area contributed by atoms with Crippen LogP contribution in [0.2, 0.25) is 0 Å². The second-order valence-corrected chi connectivity index (χ2v) is 7.15. The highest BCUT2D eigenvalue weighted by Crippen LogP contribution is 2.46. The van der Waals surface area contributed by atoms with E-state index in [2.05, 4.69) is 5.32 Å². The third-order valence-corrected chi connectivity index (χ3v) is 5.76. The van der Waals surface area contributed by atoms with Gasteiger partial charge < -0.3 is 31.1 Å². The number of nitrogens with zero attached hydrogens (tertiary/aromatic N) is 1. The fraction of sp³-hybridized carbons (Fsp3) is 0.600. The summed E-state index contributed by atoms with van der Waals surface area (Å²) in [6.45, 7) is -0.499. The molecule has 6 N–H and O–H groups in total. The average Bonchev–Trinajstić information content (AvgIpc) is 2.63. The summed E-state index contributed by atoms with van der Waals surface area (Å²) in [6, 6.07) is -1.08. The molecule has 27 heavy (non-hydrogen) atoms. The van der Waals surface area contributed by atoms with E-state index in [1.165, 1.54) is 7.11 Å². The zero-order valence-electron chi connectivity index (χ0n) is 14.5. The van der Waals surface area contributed by atoms with E-state index in [4.69, 9.17) is 15.6 Å². The van der Waals surface area contributed by atoms with Gasteiger partial charge in [0.1, 0.15) is 17.1 Å². The first-order valence-electron chi connectivity index (χ1n) is 8.05. The second kappa shape index (κ2) is 8.25. The summed E-state index contributed by atoms with van der Waals surface area (Å²) in [5.74, 6) is -3.64. The predicted molar refractivity (Wildman–Crippen MR) is 92.2 cm³/mol. The Morgan fingerprint density at radius 2 is 2.11 bits per heavy atom. The van der Waals surface area contributed by atoms with Gasteiger partial charge in [0.25, 0.3) is 11.6 Å². The first-order chi connectivity index (χ1) is 12.7. The van der Waals surface area contributed by atoms with Crippen LogP contribution in [0.5, 0.6) is 0 Å². The van der Waals surface area contributed by atoms with E-state index in [0.717, 1.165) is 16.7 Å². The van der Waals surface area contributed by atoms with Crippen LogP contribution in [-0.2, 0) is 23.9 Å². The molecule has 0 aromatic rings. The fourth-order valence-electron chi connectivity index (χ4n) is 2.94. The highest BCUT2D eigenvalue weighted by molar-refractivity contribution is 8.00. The maximum atomic E-state index is 12.6. The SMILES string of the molecule is CO[C@@]1(NC(=O)CCCC(N)C(=O)O)C(=O)N2C(C(=O)O)=C(CO)CSC21. The van der Waals surface area contributed by atoms with Crippen LogP contribution in [-0.4, -0.2) is 80.6 Å². The largest absolute Gasteiger partial charge is 0.480 e. The number of rotatable bonds is 9. The number of thioether (sulfide) groups is 1. The fourth-order valence-corrected chi connectivity index (χ4v) is 4.37. The quantitative estimate of drug-likeness (QED) is 0.219. The lowest BCUT2D eigenvalue weighted by molar-refractivity contribution is -0.192. The molecule has 0 bridgehead atoms. The van der Waals surface area contributed by atoms with Gasteiger partial charge in [0.15, 0.2) is 0 Å². The lowest BCUT2D eigenvalue weighted by Crippen LogP contribution is -2.80. The molecular weight excluding hydrogens is 382 g/mol. The van der Waals surface area contributed by atoms with Gasteiger partial charge >= 0.3 is 11.9 Å². The summed E-state index contributed by atoms with van der Waals surface area (Å²) in [4.78, 5) is 48.0. The van der Waals surface area contributed by atoms with Gasteiger partial charge in [-0.25, -0.2) is 4.79 Å². The number of nitrogens with two attached hydrogens (primary N) is 1. The maximum absolute atomic E-state index is 12.6. The molecule has 3 atom stereocenters. The van der Waals surface area contributed by atoms with Crippen LogP contribution in [0.4, 0.5) is 0 Å². The van der Waals surface area contributed by atoms with Crippen LogP contribution >= 0.6 is 11.8 Å². The van der Waals surface area contributed by atoms with Crippen LogP contribution < -0.4 is 11.1 Å². The average molecular weight is 403 g/mol. The number of amides is 2. The Balaban J connectivity index is 2.08. The monoisotopic (exact) mass is 403 g/mol. The minimum absolute atomic E-state index is 0.0692. The molecule has 150 valence electrons. The molecule has 0 radical (unpaired) electrons. The molecule has 0 aromatic heterocycles. The van der Waals surface area contributed by atoms with Crippen molar-refractivity contribution >= 4 is 35.5 Å². The highest BCUT2D eigenvalue weighted by atomic mass is 32.2. The van der Waals surface area contributed by atoms with Crippen molar-refractivity contribution < 1.29 is 39.2 Å². The summed E-state index contributed by atoms with van der Waals surface area (Å²) in [6.07, 6.45) is 0.219. The van der Waals surface area contributed by atoms with Gasteiger partial charge in [-0.2, -0.15) is 0 Å². The summed E-state index contributed by atoms with van der Waals surface area (Å²) in [5, 5.41) is 29.1. The molecule has 2 rings (SSSR count). The number of aliphatic carboxylic acids is 2. The lowest BCUT2D eigenvalue weighted by Gasteiger charge is -2.55. The number of ether oxygens (including phenoxy) is 1. The van der Waals surface area contributed by atoms with Crippen LogP contribution in [0.25, 0.3) is 0 Å². The number of carboxylic acids is 2. The number of aliphatic hydroxyl groups excluding tert-OH is 1. The van der Waals surface area contributed by atoms with E-state index in [1.807, 2.05) is 0 Å². The van der Waals surface area contributed by atoms with E-state index in [0.29, 0.717) is 0 Å². The Bertz CT molecular complexity index is 697. The van der Waals surface area contributed by atoms with Crippen LogP contribution in [0, 0.1) is 0 Å². The van der Waals surface area contributed by atoms with Crippen molar-refractivity contribution in [1.82, 2.24) is 10.2 Å². The summed E-state index contributed by atoms with van der Waals surface area (Å²) < 4.78 is 5.25. The molecule has 0 saturated carbocycles. The van der Waals surface area contributed by atoms with E-state index < -0.39 is 47.5 Å². The number of nitrogens with one attached hydrogen (secondary N) is 1. The second-order valence-electron chi connectivity index (χ2n) is 6.08. The van der Waals surface area contributed by atoms with E-state index in [-0.39, 0.29) is 36.3 Å². The molecule has 2 amide bonds. The standard InChI is InChI=1S/C15H21N3O8S/c1-26-15(17-9(20)4-2-3-8(16)11(21)22)13(25)18-10(12(23)24)7(5-19)6-27-14(15)18/h8,14,19H,2-6,16H2,1H3,(H,17,20)(H,21,22)(H,23,24)/t8?,14?,15-/m0/s1. The molecule has 1 saturated heterocycles. The third-order valence-electron chi connectivity index (χ3n) is 4.39. The van der Waals surface area contributed by atoms with Gasteiger partial charge in [-0.3, -0.25) is 19.3 Å². The third kappa shape index (κ3) is 3.78. The molecule has 0 aliphatic carbocycles. The molecule has 12 heteroatoms. The van der Waals surface area contributed by atoms with Gasteiger partial charge in [0.05, 0.1) is 6.61 Å². The van der Waals surface area contributed by atoms with Crippen LogP contribution in [0.3, 0.4) is 0 Å². The minimum Gasteiger partial charge on any atom is -0.480 e. The molecule has 2 aliphatic rings. The van der Waals surface area contributed by atoms with E-state index in [1.54, 1.807) is 0 Å². The molecular formula is C15H21N3O8S. The first-order valence-corrected chi connectivity index (χ1v) is 9.10. The van der Waals surface area contributed by atoms with Crippen molar-refractivity contribution in [3.8, 4) is 0 Å². The molecule has 2 heterocycles. The normalized spacial score (nSPS) is 25.5. The van der Waals surface area contributed by atoms with E-state index >= 15 is 0 Å². The smallest absolute Gasteiger partial charge is 0.352 e. The Morgan fingerprint density at radius 3 is 2.63 bits per heavy atom. The van der Waals surface area contributed by atoms with Crippen molar-refractivity contribution in [2.75, 3.05) is 19.5 Å². The molecule has 0 aromatic carbocycles. The zero-order valence-corrected chi connectivity index (χ0v) is 15.3. The first kappa shape index (κ1) is 21.2. The minimum atomic E-state index is -1.71. The molecule has 2 aliphatic heterocycles. The summed E-state index contributed by atoms with van der Waals surface area (Å²) >= 11 is 1.16. The molecule has 0 spiro atoms. The molecule has 11 nitrogen and oxygen atoms in total. The van der Waals surface area contributed by atoms with Crippen LogP contribution in [0.1, 0.15) is 19.3 Å². The van der Waals surface area contributed by atoms with Gasteiger partial charge in [-0.15, -0.1) is 11.8 Å². The maximum Gasteiger partial charge on any atom is 0.352 e. The van der Waals surface area contributed by atoms with Gasteiger partial charge in [0.2, 0.25) is 5.91 Å². The number of fused-ring (bicyclic) bond motifs is 1. The number of methoxy groups -OCH3 is 1. The van der Waals surface area contributed by atoms with Crippen molar-refractivity contribution in [1.29, 1.82) is 0 Å². The number of carbonyl (C=O) groups is 4. The Kier molecular flexibility index (Phi) is 6.46. The number of β-lactam (4-membered cyclic amide) rings is 1. The highest BCUT2D eigenvalue weighted by Gasteiger charge is 2.66. The Morgan fingerprint density at radius 1 is 1.44 bits per heavy atom. The van der Waals surface area contributed by atoms with Gasteiger partial charge in [0, 0.05) is 19.3 Å². The number of hydrogen-bond acceptors (Lipinski definition) is 8. The van der Waals surface area contributed by atoms with Gasteiger partial charge in [-0.1, -0.05) is 0 Å². The predicted octanol–water partition coefficient (Wildman–Crippen LogP) is -1.73. The lowest BCUT2D eigenvalue weighted by atomic mass is 9.97. The number of hydrogen-bond donors (Lipinski definition) is 5. The van der Waals surface area contributed by atoms with Crippen molar-refractivity contribution in [3.05, 3.63) is 11.3 Å². The number of carbonyl (C=O) groups excluding carboxylic acids is 2. The zero-order chi connectivity index (χ0) is 20.4. The van der Waals surface area contributed by atoms with Gasteiger partial charge in [-0.05, 0) is 18.4 Å². The van der Waals surface area contributed by atoms with E-state index in [9.17, 15) is 29.4 Å². The van der Waals surface area contributed by atoms with Crippen molar-refractivity contribution in [2.24, 2.45) is 5.73 Å². The topological polar surface area (TPSA) is 179 Å². The Labute approximate surface area is 158 Å². The van der Waals surface area contributed by atoms with Crippen molar-refractivity contribution in [3.63, 3.8) is 0 Å². The van der Waals surface area contributed by atoms with Crippen molar-refractivity contribution in [2.45, 2.75) is 36.4 Å². The van der Waals surface area contributed by atoms with Crippen LogP contribution in [0.15, 0.2) is 11.3 Å². The summed E-state index contributed by atoms with van der Waals surface area (Å²) in [5.41, 5.74) is 3.56.